The minimum Gasteiger partial charge on any atom is -0.497 e. The van der Waals surface area contributed by atoms with Gasteiger partial charge in [-0.1, -0.05) is 12.1 Å². The Kier molecular flexibility index (Phi) is 6.12. The number of benzene rings is 2. The molecule has 158 valence electrons. The zero-order valence-electron chi connectivity index (χ0n) is 17.1. The molecule has 2 aromatic carbocycles. The average Bonchev–Trinajstić information content (AvgIpc) is 3.14. The second-order valence-electron chi connectivity index (χ2n) is 6.45. The molecule has 0 N–H and O–H groups in total. The van der Waals surface area contributed by atoms with Crippen molar-refractivity contribution in [1.82, 2.24) is 5.16 Å². The minimum absolute atomic E-state index is 0.135. The molecule has 0 saturated heterocycles. The van der Waals surface area contributed by atoms with E-state index in [1.165, 1.54) is 38.4 Å². The van der Waals surface area contributed by atoms with Crippen molar-refractivity contribution in [2.75, 3.05) is 18.5 Å². The zero-order chi connectivity index (χ0) is 21.9. The van der Waals surface area contributed by atoms with Crippen molar-refractivity contribution in [1.29, 1.82) is 0 Å². The van der Waals surface area contributed by atoms with Crippen LogP contribution in [0.4, 0.5) is 5.69 Å². The molecule has 1 heterocycles. The largest absolute Gasteiger partial charge is 0.497 e. The summed E-state index contributed by atoms with van der Waals surface area (Å²) in [4.78, 5) is 12.6. The van der Waals surface area contributed by atoms with Gasteiger partial charge in [0.1, 0.15) is 22.8 Å². The Morgan fingerprint density at radius 3 is 2.23 bits per heavy atom. The van der Waals surface area contributed by atoms with Crippen LogP contribution in [-0.4, -0.2) is 33.7 Å². The second-order valence-corrected chi connectivity index (χ2v) is 8.41. The van der Waals surface area contributed by atoms with Crippen LogP contribution in [-0.2, 0) is 16.4 Å². The van der Waals surface area contributed by atoms with Crippen LogP contribution in [0.2, 0.25) is 0 Å². The van der Waals surface area contributed by atoms with E-state index in [-0.39, 0.29) is 10.6 Å². The number of carbonyl (C=O) groups is 1. The average molecular weight is 430 g/mol. The monoisotopic (exact) mass is 430 g/mol. The summed E-state index contributed by atoms with van der Waals surface area (Å²) < 4.78 is 42.3. The normalized spacial score (nSPS) is 11.2. The molecule has 1 aromatic heterocycles. The summed E-state index contributed by atoms with van der Waals surface area (Å²) in [5.74, 6) is 0.662. The Hall–Kier alpha value is -3.33. The van der Waals surface area contributed by atoms with Gasteiger partial charge in [-0.2, -0.15) is 0 Å². The Balaban J connectivity index is 1.77. The van der Waals surface area contributed by atoms with E-state index in [1.54, 1.807) is 31.2 Å². The van der Waals surface area contributed by atoms with Gasteiger partial charge in [0.25, 0.3) is 10.0 Å². The first-order valence-electron chi connectivity index (χ1n) is 9.18. The molecule has 0 aliphatic heterocycles. The number of hydrogen-bond acceptors (Lipinski definition) is 7. The lowest BCUT2D eigenvalue weighted by molar-refractivity contribution is 0.0732. The molecule has 0 fully saturated rings. The molecular weight excluding hydrogens is 408 g/mol. The van der Waals surface area contributed by atoms with Crippen molar-refractivity contribution < 1.29 is 27.2 Å². The fraction of sp³-hybridized carbons (Fsp3) is 0.238. The summed E-state index contributed by atoms with van der Waals surface area (Å²) in [6.07, 6.45) is 0.536. The lowest BCUT2D eigenvalue weighted by Crippen LogP contribution is -2.26. The zero-order valence-corrected chi connectivity index (χ0v) is 17.9. The van der Waals surface area contributed by atoms with Crippen molar-refractivity contribution in [3.05, 3.63) is 65.5 Å². The summed E-state index contributed by atoms with van der Waals surface area (Å²) in [6.45, 7) is 3.51. The number of esters is 1. The lowest BCUT2D eigenvalue weighted by Gasteiger charge is -2.20. The predicted octanol–water partition coefficient (Wildman–Crippen LogP) is 3.60. The van der Waals surface area contributed by atoms with Gasteiger partial charge >= 0.3 is 5.97 Å². The van der Waals surface area contributed by atoms with Gasteiger partial charge in [0.15, 0.2) is 0 Å². The summed E-state index contributed by atoms with van der Waals surface area (Å²) >= 11 is 0. The highest BCUT2D eigenvalue weighted by Crippen LogP contribution is 2.26. The fourth-order valence-corrected chi connectivity index (χ4v) is 4.04. The molecule has 3 rings (SSSR count). The van der Waals surface area contributed by atoms with Gasteiger partial charge in [-0.15, -0.1) is 0 Å². The first-order valence-corrected chi connectivity index (χ1v) is 10.6. The van der Waals surface area contributed by atoms with Gasteiger partial charge in [0.05, 0.1) is 23.4 Å². The number of methoxy groups -OCH3 is 1. The topological polar surface area (TPSA) is 98.9 Å². The smallest absolute Gasteiger partial charge is 0.349 e. The number of anilines is 1. The van der Waals surface area contributed by atoms with Crippen molar-refractivity contribution in [3.8, 4) is 11.5 Å². The first-order chi connectivity index (χ1) is 14.3. The maximum atomic E-state index is 12.8. The fourth-order valence-electron chi connectivity index (χ4n) is 2.85. The minimum atomic E-state index is -3.75. The van der Waals surface area contributed by atoms with Crippen LogP contribution in [0.5, 0.6) is 11.5 Å². The van der Waals surface area contributed by atoms with Gasteiger partial charge < -0.3 is 14.0 Å². The molecular formula is C21H22N2O6S. The predicted molar refractivity (Wildman–Crippen MR) is 111 cm³/mol. The van der Waals surface area contributed by atoms with E-state index in [0.29, 0.717) is 34.9 Å². The SMILES string of the molecule is CCc1noc(C)c1C(=O)Oc1ccc(N(C)S(=O)(=O)c2ccc(OC)cc2)cc1. The number of ether oxygens (including phenoxy) is 2. The van der Waals surface area contributed by atoms with E-state index in [0.717, 1.165) is 4.31 Å². The van der Waals surface area contributed by atoms with E-state index in [9.17, 15) is 13.2 Å². The van der Waals surface area contributed by atoms with Gasteiger partial charge in [-0.25, -0.2) is 13.2 Å². The lowest BCUT2D eigenvalue weighted by atomic mass is 10.1. The Morgan fingerprint density at radius 2 is 1.67 bits per heavy atom. The summed E-state index contributed by atoms with van der Waals surface area (Å²) in [5.41, 5.74) is 1.25. The van der Waals surface area contributed by atoms with Crippen molar-refractivity contribution in [2.45, 2.75) is 25.2 Å². The van der Waals surface area contributed by atoms with Crippen molar-refractivity contribution in [2.24, 2.45) is 0 Å². The van der Waals surface area contributed by atoms with Crippen LogP contribution in [0.25, 0.3) is 0 Å². The maximum absolute atomic E-state index is 12.8. The van der Waals surface area contributed by atoms with Gasteiger partial charge in [-0.05, 0) is 61.9 Å². The van der Waals surface area contributed by atoms with E-state index >= 15 is 0 Å². The number of carbonyl (C=O) groups excluding carboxylic acids is 1. The highest BCUT2D eigenvalue weighted by atomic mass is 32.2. The molecule has 0 unspecified atom stereocenters. The van der Waals surface area contributed by atoms with Crippen LogP contribution < -0.4 is 13.8 Å². The van der Waals surface area contributed by atoms with E-state index in [1.807, 2.05) is 6.92 Å². The maximum Gasteiger partial charge on any atom is 0.349 e. The molecule has 3 aromatic rings. The molecule has 0 spiro atoms. The summed E-state index contributed by atoms with van der Waals surface area (Å²) in [7, 11) is -0.789. The Morgan fingerprint density at radius 1 is 1.07 bits per heavy atom. The molecule has 0 saturated carbocycles. The highest BCUT2D eigenvalue weighted by Gasteiger charge is 2.23. The molecule has 9 heteroatoms. The van der Waals surface area contributed by atoms with Gasteiger partial charge in [0.2, 0.25) is 0 Å². The van der Waals surface area contributed by atoms with Crippen LogP contribution >= 0.6 is 0 Å². The number of aromatic nitrogens is 1. The third kappa shape index (κ3) is 4.16. The number of nitrogens with zero attached hydrogens (tertiary/aromatic N) is 2. The molecule has 0 amide bonds. The molecule has 30 heavy (non-hydrogen) atoms. The van der Waals surface area contributed by atoms with Gasteiger partial charge in [-0.3, -0.25) is 4.31 Å². The van der Waals surface area contributed by atoms with Crippen LogP contribution in [0.15, 0.2) is 57.9 Å². The molecule has 0 bridgehead atoms. The van der Waals surface area contributed by atoms with Crippen molar-refractivity contribution in [3.63, 3.8) is 0 Å². The summed E-state index contributed by atoms with van der Waals surface area (Å²) in [6, 6.07) is 12.3. The van der Waals surface area contributed by atoms with E-state index in [4.69, 9.17) is 14.0 Å². The van der Waals surface area contributed by atoms with Gasteiger partial charge in [0, 0.05) is 7.05 Å². The molecule has 0 aliphatic rings. The molecule has 8 nitrogen and oxygen atoms in total. The molecule has 0 radical (unpaired) electrons. The third-order valence-electron chi connectivity index (χ3n) is 4.60. The Labute approximate surface area is 175 Å². The quantitative estimate of drug-likeness (QED) is 0.417. The number of aryl methyl sites for hydroxylation is 2. The Bertz CT molecular complexity index is 1140. The van der Waals surface area contributed by atoms with Crippen LogP contribution in [0.3, 0.4) is 0 Å². The number of rotatable bonds is 7. The van der Waals surface area contributed by atoms with E-state index in [2.05, 4.69) is 5.16 Å². The van der Waals surface area contributed by atoms with E-state index < -0.39 is 16.0 Å². The standard InChI is InChI=1S/C21H22N2O6S/c1-5-19-20(14(2)29-22-19)21(24)28-17-8-6-15(7-9-17)23(3)30(25,26)18-12-10-16(27-4)11-13-18/h6-13H,5H2,1-4H3. The summed E-state index contributed by atoms with van der Waals surface area (Å²) in [5, 5.41) is 3.84. The highest BCUT2D eigenvalue weighted by molar-refractivity contribution is 7.92. The van der Waals surface area contributed by atoms with Crippen LogP contribution in [0, 0.1) is 6.92 Å². The number of hydrogen-bond donors (Lipinski definition) is 0. The third-order valence-corrected chi connectivity index (χ3v) is 6.40. The first kappa shape index (κ1) is 21.4. The number of sulfonamides is 1. The molecule has 0 atom stereocenters. The second kappa shape index (κ2) is 8.58. The molecule has 0 aliphatic carbocycles. The van der Waals surface area contributed by atoms with Crippen molar-refractivity contribution >= 4 is 21.7 Å². The van der Waals surface area contributed by atoms with Crippen LogP contribution in [0.1, 0.15) is 28.7 Å².